The first-order valence-corrected chi connectivity index (χ1v) is 5.05. The van der Waals surface area contributed by atoms with Crippen molar-refractivity contribution in [1.82, 2.24) is 0 Å². The fourth-order valence-electron chi connectivity index (χ4n) is 1.61. The van der Waals surface area contributed by atoms with Crippen LogP contribution in [0, 0.1) is 0 Å². The van der Waals surface area contributed by atoms with Gasteiger partial charge in [0.25, 0.3) is 0 Å². The molecule has 80 valence electrons. The van der Waals surface area contributed by atoms with E-state index in [9.17, 15) is 5.11 Å². The summed E-state index contributed by atoms with van der Waals surface area (Å²) in [6, 6.07) is 9.57. The number of aliphatic hydroxyl groups is 1. The van der Waals surface area contributed by atoms with Gasteiger partial charge < -0.3 is 15.6 Å². The Balaban J connectivity index is 1.87. The molecule has 0 saturated heterocycles. The van der Waals surface area contributed by atoms with Crippen molar-refractivity contribution >= 4 is 0 Å². The van der Waals surface area contributed by atoms with E-state index in [2.05, 4.69) is 0 Å². The molecule has 0 heterocycles. The van der Waals surface area contributed by atoms with E-state index in [1.54, 1.807) is 6.08 Å². The van der Waals surface area contributed by atoms with Crippen molar-refractivity contribution < 1.29 is 9.84 Å². The number of ether oxygens (including phenoxy) is 1. The third-order valence-corrected chi connectivity index (χ3v) is 2.56. The van der Waals surface area contributed by atoms with E-state index in [0.717, 1.165) is 5.56 Å². The van der Waals surface area contributed by atoms with E-state index >= 15 is 0 Å². The average molecular weight is 205 g/mol. The van der Waals surface area contributed by atoms with Crippen LogP contribution in [0.25, 0.3) is 0 Å². The zero-order chi connectivity index (χ0) is 10.7. The zero-order valence-electron chi connectivity index (χ0n) is 8.41. The highest BCUT2D eigenvalue weighted by atomic mass is 16.5. The second-order valence-electron chi connectivity index (χ2n) is 3.71. The molecule has 0 spiro atoms. The van der Waals surface area contributed by atoms with E-state index in [-0.39, 0.29) is 12.1 Å². The minimum absolute atomic E-state index is 0.180. The van der Waals surface area contributed by atoms with Crippen LogP contribution in [0.5, 0.6) is 0 Å². The number of rotatable bonds is 3. The van der Waals surface area contributed by atoms with E-state index in [0.29, 0.717) is 6.61 Å². The molecule has 0 aromatic heterocycles. The molecule has 3 atom stereocenters. The summed E-state index contributed by atoms with van der Waals surface area (Å²) in [5.41, 5.74) is 6.86. The maximum atomic E-state index is 9.37. The molecule has 3 unspecified atom stereocenters. The molecular formula is C12H15NO2. The third-order valence-electron chi connectivity index (χ3n) is 2.56. The van der Waals surface area contributed by atoms with E-state index in [1.165, 1.54) is 0 Å². The maximum Gasteiger partial charge on any atom is 0.0940 e. The SMILES string of the molecule is NC1C(O)C=CC1OCc1ccccc1. The van der Waals surface area contributed by atoms with Gasteiger partial charge in [-0.15, -0.1) is 0 Å². The Morgan fingerprint density at radius 3 is 2.53 bits per heavy atom. The molecule has 0 aliphatic heterocycles. The average Bonchev–Trinajstić information content (AvgIpc) is 2.59. The molecule has 3 N–H and O–H groups in total. The smallest absolute Gasteiger partial charge is 0.0940 e. The second kappa shape index (κ2) is 4.57. The van der Waals surface area contributed by atoms with Crippen LogP contribution in [0.4, 0.5) is 0 Å². The summed E-state index contributed by atoms with van der Waals surface area (Å²) in [5.74, 6) is 0. The first kappa shape index (κ1) is 10.4. The predicted octanol–water partition coefficient (Wildman–Crippen LogP) is 0.830. The summed E-state index contributed by atoms with van der Waals surface area (Å²) in [5, 5.41) is 9.37. The van der Waals surface area contributed by atoms with Crippen LogP contribution in [0.1, 0.15) is 5.56 Å². The van der Waals surface area contributed by atoms with Gasteiger partial charge in [0.1, 0.15) is 0 Å². The van der Waals surface area contributed by atoms with Crippen molar-refractivity contribution in [3.8, 4) is 0 Å². The van der Waals surface area contributed by atoms with Crippen LogP contribution in [0.3, 0.4) is 0 Å². The van der Waals surface area contributed by atoms with Gasteiger partial charge in [0.2, 0.25) is 0 Å². The van der Waals surface area contributed by atoms with Gasteiger partial charge in [0.05, 0.1) is 24.9 Å². The van der Waals surface area contributed by atoms with Gasteiger partial charge in [-0.05, 0) is 5.56 Å². The normalized spacial score (nSPS) is 29.6. The Morgan fingerprint density at radius 2 is 1.93 bits per heavy atom. The van der Waals surface area contributed by atoms with Gasteiger partial charge in [-0.2, -0.15) is 0 Å². The highest BCUT2D eigenvalue weighted by Gasteiger charge is 2.27. The summed E-state index contributed by atoms with van der Waals surface area (Å²) < 4.78 is 5.60. The summed E-state index contributed by atoms with van der Waals surface area (Å²) in [7, 11) is 0. The minimum atomic E-state index is -0.578. The van der Waals surface area contributed by atoms with Crippen LogP contribution in [-0.4, -0.2) is 23.4 Å². The Kier molecular flexibility index (Phi) is 3.16. The maximum absolute atomic E-state index is 9.37. The highest BCUT2D eigenvalue weighted by molar-refractivity contribution is 5.15. The van der Waals surface area contributed by atoms with Crippen molar-refractivity contribution in [2.45, 2.75) is 24.9 Å². The lowest BCUT2D eigenvalue weighted by Gasteiger charge is -2.18. The molecule has 1 aliphatic carbocycles. The standard InChI is InChI=1S/C12H15NO2/c13-12-10(14)6-7-11(12)15-8-9-4-2-1-3-5-9/h1-7,10-12,14H,8,13H2. The van der Waals surface area contributed by atoms with Crippen molar-refractivity contribution in [3.63, 3.8) is 0 Å². The van der Waals surface area contributed by atoms with Crippen LogP contribution in [0.2, 0.25) is 0 Å². The fourth-order valence-corrected chi connectivity index (χ4v) is 1.61. The molecule has 3 heteroatoms. The van der Waals surface area contributed by atoms with Gasteiger partial charge in [0, 0.05) is 0 Å². The molecule has 0 saturated carbocycles. The first-order valence-electron chi connectivity index (χ1n) is 5.05. The second-order valence-corrected chi connectivity index (χ2v) is 3.71. The number of hydrogen-bond acceptors (Lipinski definition) is 3. The molecular weight excluding hydrogens is 190 g/mol. The van der Waals surface area contributed by atoms with E-state index in [4.69, 9.17) is 10.5 Å². The van der Waals surface area contributed by atoms with Crippen molar-refractivity contribution in [3.05, 3.63) is 48.0 Å². The summed E-state index contributed by atoms with van der Waals surface area (Å²) in [6.07, 6.45) is 2.74. The Hall–Kier alpha value is -1.16. The summed E-state index contributed by atoms with van der Waals surface area (Å²) in [4.78, 5) is 0. The van der Waals surface area contributed by atoms with Gasteiger partial charge in [-0.3, -0.25) is 0 Å². The molecule has 0 amide bonds. The Bertz CT molecular complexity index is 337. The van der Waals surface area contributed by atoms with E-state index < -0.39 is 6.10 Å². The molecule has 3 nitrogen and oxygen atoms in total. The van der Waals surface area contributed by atoms with Gasteiger partial charge in [0.15, 0.2) is 0 Å². The van der Waals surface area contributed by atoms with Crippen LogP contribution in [-0.2, 0) is 11.3 Å². The van der Waals surface area contributed by atoms with Gasteiger partial charge in [-0.25, -0.2) is 0 Å². The van der Waals surface area contributed by atoms with Crippen LogP contribution < -0.4 is 5.73 Å². The van der Waals surface area contributed by atoms with Crippen molar-refractivity contribution in [1.29, 1.82) is 0 Å². The Labute approximate surface area is 89.2 Å². The summed E-state index contributed by atoms with van der Waals surface area (Å²) in [6.45, 7) is 0.524. The van der Waals surface area contributed by atoms with Crippen LogP contribution >= 0.6 is 0 Å². The lowest BCUT2D eigenvalue weighted by Crippen LogP contribution is -2.40. The molecule has 2 rings (SSSR count). The fraction of sp³-hybridized carbons (Fsp3) is 0.333. The first-order chi connectivity index (χ1) is 7.27. The molecule has 1 aliphatic rings. The third kappa shape index (κ3) is 2.45. The summed E-state index contributed by atoms with van der Waals surface area (Å²) >= 11 is 0. The van der Waals surface area contributed by atoms with Gasteiger partial charge >= 0.3 is 0 Å². The lowest BCUT2D eigenvalue weighted by molar-refractivity contribution is 0.0373. The molecule has 1 aromatic carbocycles. The van der Waals surface area contributed by atoms with Gasteiger partial charge in [-0.1, -0.05) is 42.5 Å². The monoisotopic (exact) mass is 205 g/mol. The number of nitrogens with two attached hydrogens (primary N) is 1. The Morgan fingerprint density at radius 1 is 1.20 bits per heavy atom. The highest BCUT2D eigenvalue weighted by Crippen LogP contribution is 2.15. The predicted molar refractivity (Wildman–Crippen MR) is 58.1 cm³/mol. The number of benzene rings is 1. The zero-order valence-corrected chi connectivity index (χ0v) is 8.41. The van der Waals surface area contributed by atoms with Crippen molar-refractivity contribution in [2.75, 3.05) is 0 Å². The molecule has 15 heavy (non-hydrogen) atoms. The van der Waals surface area contributed by atoms with Crippen molar-refractivity contribution in [2.24, 2.45) is 5.73 Å². The molecule has 0 bridgehead atoms. The topological polar surface area (TPSA) is 55.5 Å². The molecule has 0 fully saturated rings. The number of hydrogen-bond donors (Lipinski definition) is 2. The lowest BCUT2D eigenvalue weighted by atomic mass is 10.2. The largest absolute Gasteiger partial charge is 0.387 e. The van der Waals surface area contributed by atoms with E-state index in [1.807, 2.05) is 36.4 Å². The van der Waals surface area contributed by atoms with Crippen LogP contribution in [0.15, 0.2) is 42.5 Å². The number of aliphatic hydroxyl groups excluding tert-OH is 1. The molecule has 1 aromatic rings. The molecule has 0 radical (unpaired) electrons. The minimum Gasteiger partial charge on any atom is -0.387 e. The quantitative estimate of drug-likeness (QED) is 0.719.